The van der Waals surface area contributed by atoms with E-state index in [-0.39, 0.29) is 17.7 Å². The van der Waals surface area contributed by atoms with E-state index in [0.717, 1.165) is 5.56 Å². The van der Waals surface area contributed by atoms with Gasteiger partial charge in [-0.05, 0) is 66.4 Å². The van der Waals surface area contributed by atoms with E-state index in [4.69, 9.17) is 11.6 Å². The highest BCUT2D eigenvalue weighted by Crippen LogP contribution is 2.29. The van der Waals surface area contributed by atoms with Gasteiger partial charge in [0, 0.05) is 11.4 Å². The monoisotopic (exact) mass is 495 g/mol. The molecular weight excluding hydrogens is 478 g/mol. The van der Waals surface area contributed by atoms with Crippen LogP contribution in [0.2, 0.25) is 5.02 Å². The Morgan fingerprint density at radius 1 is 0.788 bits per heavy atom. The molecule has 4 aromatic rings. The maximum atomic E-state index is 12.8. The second-order valence-electron chi connectivity index (χ2n) is 7.02. The summed E-state index contributed by atoms with van der Waals surface area (Å²) in [7, 11) is 0. The standard InChI is InChI=1S/C24H18ClN3O3S2/c1-14-13-20(28-22(29)17-5-2-3-6-18(17)25)33-21(14)24(31)27-16-10-8-15(9-11-16)26-23(30)19-7-4-12-32-19/h2-13H,1H3,(H,26,30)(H,27,31)(H,28,29). The number of nitrogens with one attached hydrogen (secondary N) is 3. The number of rotatable bonds is 6. The Morgan fingerprint density at radius 3 is 2.09 bits per heavy atom. The summed E-state index contributed by atoms with van der Waals surface area (Å²) in [5.74, 6) is -0.803. The first-order valence-electron chi connectivity index (χ1n) is 9.83. The summed E-state index contributed by atoms with van der Waals surface area (Å²) >= 11 is 8.63. The molecule has 0 bridgehead atoms. The van der Waals surface area contributed by atoms with Gasteiger partial charge in [-0.3, -0.25) is 14.4 Å². The number of halogens is 1. The van der Waals surface area contributed by atoms with Crippen LogP contribution in [0.5, 0.6) is 0 Å². The molecule has 166 valence electrons. The predicted molar refractivity (Wildman–Crippen MR) is 135 cm³/mol. The van der Waals surface area contributed by atoms with Gasteiger partial charge in [0.05, 0.1) is 25.3 Å². The molecule has 33 heavy (non-hydrogen) atoms. The Kier molecular flexibility index (Phi) is 6.88. The lowest BCUT2D eigenvalue weighted by atomic mass is 10.2. The molecule has 0 radical (unpaired) electrons. The summed E-state index contributed by atoms with van der Waals surface area (Å²) < 4.78 is 0. The normalized spacial score (nSPS) is 10.5. The molecule has 0 saturated heterocycles. The highest BCUT2D eigenvalue weighted by atomic mass is 35.5. The van der Waals surface area contributed by atoms with Gasteiger partial charge in [-0.2, -0.15) is 0 Å². The molecule has 0 spiro atoms. The summed E-state index contributed by atoms with van der Waals surface area (Å²) in [5.41, 5.74) is 2.32. The predicted octanol–water partition coefficient (Wildman–Crippen LogP) is 6.53. The second kappa shape index (κ2) is 9.99. The van der Waals surface area contributed by atoms with Crippen LogP contribution in [0.3, 0.4) is 0 Å². The van der Waals surface area contributed by atoms with Gasteiger partial charge < -0.3 is 16.0 Å². The topological polar surface area (TPSA) is 87.3 Å². The summed E-state index contributed by atoms with van der Waals surface area (Å²) in [6, 6.07) is 19.0. The quantitative estimate of drug-likeness (QED) is 0.284. The van der Waals surface area contributed by atoms with Gasteiger partial charge in [0.1, 0.15) is 0 Å². The van der Waals surface area contributed by atoms with E-state index in [9.17, 15) is 14.4 Å². The number of anilines is 3. The smallest absolute Gasteiger partial charge is 0.266 e. The fraction of sp³-hybridized carbons (Fsp3) is 0.0417. The fourth-order valence-electron chi connectivity index (χ4n) is 3.02. The van der Waals surface area contributed by atoms with Crippen LogP contribution < -0.4 is 16.0 Å². The van der Waals surface area contributed by atoms with Crippen molar-refractivity contribution >= 4 is 68.4 Å². The van der Waals surface area contributed by atoms with Crippen LogP contribution in [-0.2, 0) is 0 Å². The van der Waals surface area contributed by atoms with Gasteiger partial charge in [0.15, 0.2) is 0 Å². The largest absolute Gasteiger partial charge is 0.321 e. The number of carbonyl (C=O) groups is 3. The average molecular weight is 496 g/mol. The summed E-state index contributed by atoms with van der Waals surface area (Å²) in [5, 5.41) is 11.2. The van der Waals surface area contributed by atoms with E-state index < -0.39 is 0 Å². The fourth-order valence-corrected chi connectivity index (χ4v) is 4.82. The van der Waals surface area contributed by atoms with Crippen LogP contribution in [0.15, 0.2) is 72.1 Å². The summed E-state index contributed by atoms with van der Waals surface area (Å²) in [6.45, 7) is 1.81. The lowest BCUT2D eigenvalue weighted by Gasteiger charge is -2.07. The second-order valence-corrected chi connectivity index (χ2v) is 9.43. The van der Waals surface area contributed by atoms with Crippen LogP contribution in [0.4, 0.5) is 16.4 Å². The van der Waals surface area contributed by atoms with Gasteiger partial charge in [-0.25, -0.2) is 0 Å². The average Bonchev–Trinajstić information content (AvgIpc) is 3.45. The Hall–Kier alpha value is -3.46. The number of hydrogen-bond acceptors (Lipinski definition) is 5. The van der Waals surface area contributed by atoms with Crippen molar-refractivity contribution in [3.8, 4) is 0 Å². The van der Waals surface area contributed by atoms with E-state index in [0.29, 0.717) is 36.7 Å². The summed E-state index contributed by atoms with van der Waals surface area (Å²) in [6.07, 6.45) is 0. The van der Waals surface area contributed by atoms with Crippen molar-refractivity contribution in [3.63, 3.8) is 0 Å². The Labute approximate surface area is 203 Å². The molecule has 6 nitrogen and oxygen atoms in total. The van der Waals surface area contributed by atoms with E-state index >= 15 is 0 Å². The number of thiophene rings is 2. The molecule has 2 aromatic carbocycles. The van der Waals surface area contributed by atoms with Crippen LogP contribution >= 0.6 is 34.3 Å². The van der Waals surface area contributed by atoms with E-state index in [1.54, 1.807) is 67.6 Å². The maximum Gasteiger partial charge on any atom is 0.266 e. The van der Waals surface area contributed by atoms with Crippen LogP contribution in [0, 0.1) is 6.92 Å². The van der Waals surface area contributed by atoms with Crippen LogP contribution in [0.25, 0.3) is 0 Å². The molecule has 0 saturated carbocycles. The Morgan fingerprint density at radius 2 is 1.45 bits per heavy atom. The first kappa shape index (κ1) is 22.7. The molecular formula is C24H18ClN3O3S2. The molecule has 3 N–H and O–H groups in total. The molecule has 2 aromatic heterocycles. The van der Waals surface area contributed by atoms with Crippen molar-refractivity contribution in [1.29, 1.82) is 0 Å². The molecule has 0 unspecified atom stereocenters. The highest BCUT2D eigenvalue weighted by molar-refractivity contribution is 7.18. The number of aryl methyl sites for hydroxylation is 1. The number of benzene rings is 2. The molecule has 0 fully saturated rings. The van der Waals surface area contributed by atoms with Crippen molar-refractivity contribution in [2.45, 2.75) is 6.92 Å². The number of hydrogen-bond donors (Lipinski definition) is 3. The molecule has 0 atom stereocenters. The van der Waals surface area contributed by atoms with Crippen molar-refractivity contribution in [1.82, 2.24) is 0 Å². The zero-order chi connectivity index (χ0) is 23.4. The van der Waals surface area contributed by atoms with E-state index in [2.05, 4.69) is 16.0 Å². The zero-order valence-corrected chi connectivity index (χ0v) is 19.7. The SMILES string of the molecule is Cc1cc(NC(=O)c2ccccc2Cl)sc1C(=O)Nc1ccc(NC(=O)c2cccs2)cc1. The first-order valence-corrected chi connectivity index (χ1v) is 11.9. The minimum Gasteiger partial charge on any atom is -0.321 e. The zero-order valence-electron chi connectivity index (χ0n) is 17.3. The summed E-state index contributed by atoms with van der Waals surface area (Å²) in [4.78, 5) is 38.5. The van der Waals surface area contributed by atoms with Crippen molar-refractivity contribution in [2.24, 2.45) is 0 Å². The molecule has 9 heteroatoms. The molecule has 4 rings (SSSR count). The minimum atomic E-state index is -0.339. The third-order valence-corrected chi connectivity index (χ3v) is 6.97. The minimum absolute atomic E-state index is 0.178. The molecule has 0 aliphatic rings. The lowest BCUT2D eigenvalue weighted by molar-refractivity contribution is 0.102. The maximum absolute atomic E-state index is 12.8. The molecule has 2 heterocycles. The van der Waals surface area contributed by atoms with Crippen molar-refractivity contribution in [3.05, 3.63) is 98.0 Å². The van der Waals surface area contributed by atoms with Gasteiger partial charge in [-0.15, -0.1) is 22.7 Å². The highest BCUT2D eigenvalue weighted by Gasteiger charge is 2.17. The number of carbonyl (C=O) groups excluding carboxylic acids is 3. The Balaban J connectivity index is 1.39. The van der Waals surface area contributed by atoms with Gasteiger partial charge in [0.2, 0.25) is 0 Å². The third-order valence-electron chi connectivity index (χ3n) is 4.62. The van der Waals surface area contributed by atoms with Crippen LogP contribution in [-0.4, -0.2) is 17.7 Å². The molecule has 0 aliphatic heterocycles. The van der Waals surface area contributed by atoms with Gasteiger partial charge in [0.25, 0.3) is 17.7 Å². The van der Waals surface area contributed by atoms with Crippen LogP contribution in [0.1, 0.15) is 35.3 Å². The van der Waals surface area contributed by atoms with Gasteiger partial charge >= 0.3 is 0 Å². The van der Waals surface area contributed by atoms with E-state index in [1.807, 2.05) is 11.4 Å². The van der Waals surface area contributed by atoms with E-state index in [1.165, 1.54) is 22.7 Å². The molecule has 0 aliphatic carbocycles. The lowest BCUT2D eigenvalue weighted by Crippen LogP contribution is -2.12. The van der Waals surface area contributed by atoms with Crippen molar-refractivity contribution in [2.75, 3.05) is 16.0 Å². The first-order chi connectivity index (χ1) is 15.9. The van der Waals surface area contributed by atoms with Crippen molar-refractivity contribution < 1.29 is 14.4 Å². The number of amides is 3. The van der Waals surface area contributed by atoms with Gasteiger partial charge in [-0.1, -0.05) is 29.8 Å². The third kappa shape index (κ3) is 5.48. The molecule has 3 amide bonds. The Bertz CT molecular complexity index is 1320.